The Morgan fingerprint density at radius 3 is 2.40 bits per heavy atom. The Hall–Kier alpha value is -0.590. The molecule has 1 aromatic rings. The van der Waals surface area contributed by atoms with Gasteiger partial charge in [0, 0.05) is 25.8 Å². The minimum Gasteiger partial charge on any atom is -0.313 e. The molecule has 2 unspecified atom stereocenters. The van der Waals surface area contributed by atoms with E-state index in [-0.39, 0.29) is 6.04 Å². The van der Waals surface area contributed by atoms with Gasteiger partial charge in [-0.2, -0.15) is 5.10 Å². The van der Waals surface area contributed by atoms with Crippen molar-refractivity contribution in [3.05, 3.63) is 16.4 Å². The normalized spacial score (nSPS) is 15.3. The standard InChI is InChI=1S/C13H24ClN3O2S/c1-6-10-13(14)12(17(4)16-10)8-11(15-7-2)9(3)20(5,18)19/h9,11,15H,6-8H2,1-5H3. The highest BCUT2D eigenvalue weighted by molar-refractivity contribution is 7.91. The summed E-state index contributed by atoms with van der Waals surface area (Å²) in [6, 6.07) is -0.174. The molecule has 0 fully saturated rings. The second-order valence-corrected chi connectivity index (χ2v) is 7.87. The van der Waals surface area contributed by atoms with Crippen LogP contribution in [0, 0.1) is 0 Å². The molecule has 0 aliphatic rings. The van der Waals surface area contributed by atoms with Gasteiger partial charge < -0.3 is 5.32 Å². The lowest BCUT2D eigenvalue weighted by molar-refractivity contribution is 0.482. The summed E-state index contributed by atoms with van der Waals surface area (Å²) in [5, 5.41) is 7.79. The Morgan fingerprint density at radius 1 is 1.40 bits per heavy atom. The lowest BCUT2D eigenvalue weighted by Crippen LogP contribution is -2.44. The lowest BCUT2D eigenvalue weighted by Gasteiger charge is -2.23. The fourth-order valence-corrected chi connectivity index (χ4v) is 3.37. The van der Waals surface area contributed by atoms with Crippen molar-refractivity contribution in [2.45, 2.75) is 44.9 Å². The van der Waals surface area contributed by atoms with E-state index in [1.54, 1.807) is 11.6 Å². The molecule has 0 bridgehead atoms. The third-order valence-electron chi connectivity index (χ3n) is 3.62. The van der Waals surface area contributed by atoms with Gasteiger partial charge in [0.25, 0.3) is 0 Å². The van der Waals surface area contributed by atoms with Crippen LogP contribution in [0.5, 0.6) is 0 Å². The third kappa shape index (κ3) is 3.96. The summed E-state index contributed by atoms with van der Waals surface area (Å²) in [5.74, 6) is 0. The van der Waals surface area contributed by atoms with Crippen molar-refractivity contribution in [1.29, 1.82) is 0 Å². The number of nitrogens with one attached hydrogen (secondary N) is 1. The van der Waals surface area contributed by atoms with Gasteiger partial charge in [0.1, 0.15) is 0 Å². The molecule has 0 spiro atoms. The molecule has 0 aliphatic heterocycles. The van der Waals surface area contributed by atoms with Crippen LogP contribution < -0.4 is 5.32 Å². The molecule has 0 saturated carbocycles. The number of hydrogen-bond acceptors (Lipinski definition) is 4. The van der Waals surface area contributed by atoms with E-state index >= 15 is 0 Å². The van der Waals surface area contributed by atoms with E-state index in [2.05, 4.69) is 10.4 Å². The van der Waals surface area contributed by atoms with E-state index in [0.717, 1.165) is 17.8 Å². The highest BCUT2D eigenvalue weighted by Crippen LogP contribution is 2.23. The second-order valence-electron chi connectivity index (χ2n) is 5.09. The molecule has 7 heteroatoms. The molecule has 0 saturated heterocycles. The smallest absolute Gasteiger partial charge is 0.151 e. The Bertz CT molecular complexity index is 554. The van der Waals surface area contributed by atoms with Gasteiger partial charge in [-0.15, -0.1) is 0 Å². The van der Waals surface area contributed by atoms with Crippen molar-refractivity contribution in [3.8, 4) is 0 Å². The van der Waals surface area contributed by atoms with Gasteiger partial charge in [-0.1, -0.05) is 25.4 Å². The Balaban J connectivity index is 3.05. The highest BCUT2D eigenvalue weighted by Gasteiger charge is 2.27. The predicted octanol–water partition coefficient (Wildman–Crippen LogP) is 1.59. The van der Waals surface area contributed by atoms with E-state index in [0.29, 0.717) is 18.0 Å². The Morgan fingerprint density at radius 2 is 2.00 bits per heavy atom. The first kappa shape index (κ1) is 17.5. The zero-order chi connectivity index (χ0) is 15.5. The molecular weight excluding hydrogens is 298 g/mol. The van der Waals surface area contributed by atoms with Gasteiger partial charge in [-0.3, -0.25) is 4.68 Å². The SMILES string of the molecule is CCNC(Cc1c(Cl)c(CC)nn1C)C(C)S(C)(=O)=O. The molecular formula is C13H24ClN3O2S. The van der Waals surface area contributed by atoms with Crippen LogP contribution in [-0.4, -0.2) is 42.3 Å². The maximum absolute atomic E-state index is 11.8. The van der Waals surface area contributed by atoms with Crippen LogP contribution in [0.4, 0.5) is 0 Å². The molecule has 2 atom stereocenters. The fourth-order valence-electron chi connectivity index (χ4n) is 2.21. The van der Waals surface area contributed by atoms with E-state index in [9.17, 15) is 8.42 Å². The van der Waals surface area contributed by atoms with Crippen LogP contribution in [0.15, 0.2) is 0 Å². The van der Waals surface area contributed by atoms with Crippen LogP contribution in [0.1, 0.15) is 32.2 Å². The van der Waals surface area contributed by atoms with Gasteiger partial charge in [0.15, 0.2) is 9.84 Å². The molecule has 20 heavy (non-hydrogen) atoms. The van der Waals surface area contributed by atoms with Gasteiger partial charge in [0.2, 0.25) is 0 Å². The van der Waals surface area contributed by atoms with Crippen molar-refractivity contribution in [2.24, 2.45) is 7.05 Å². The monoisotopic (exact) mass is 321 g/mol. The number of halogens is 1. The first-order valence-corrected chi connectivity index (χ1v) is 9.18. The predicted molar refractivity (Wildman–Crippen MR) is 83.1 cm³/mol. The number of rotatable bonds is 7. The van der Waals surface area contributed by atoms with Crippen molar-refractivity contribution in [2.75, 3.05) is 12.8 Å². The molecule has 0 radical (unpaired) electrons. The zero-order valence-electron chi connectivity index (χ0n) is 12.8. The molecule has 0 aliphatic carbocycles. The van der Waals surface area contributed by atoms with Crippen molar-refractivity contribution in [3.63, 3.8) is 0 Å². The van der Waals surface area contributed by atoms with Crippen LogP contribution in [0.3, 0.4) is 0 Å². The summed E-state index contributed by atoms with van der Waals surface area (Å²) in [6.45, 7) is 6.40. The van der Waals surface area contributed by atoms with Gasteiger partial charge in [-0.25, -0.2) is 8.42 Å². The van der Waals surface area contributed by atoms with Crippen molar-refractivity contribution >= 4 is 21.4 Å². The zero-order valence-corrected chi connectivity index (χ0v) is 14.3. The summed E-state index contributed by atoms with van der Waals surface area (Å²) in [6.07, 6.45) is 2.58. The lowest BCUT2D eigenvalue weighted by atomic mass is 10.1. The number of sulfone groups is 1. The van der Waals surface area contributed by atoms with Crippen LogP contribution in [-0.2, 0) is 29.7 Å². The fraction of sp³-hybridized carbons (Fsp3) is 0.769. The molecule has 1 rings (SSSR count). The van der Waals surface area contributed by atoms with E-state index in [1.807, 2.05) is 20.9 Å². The van der Waals surface area contributed by atoms with Crippen molar-refractivity contribution in [1.82, 2.24) is 15.1 Å². The second kappa shape index (κ2) is 6.91. The summed E-state index contributed by atoms with van der Waals surface area (Å²) in [7, 11) is -1.26. The summed E-state index contributed by atoms with van der Waals surface area (Å²) >= 11 is 6.33. The number of nitrogens with zero attached hydrogens (tertiary/aromatic N) is 2. The molecule has 1 heterocycles. The minimum atomic E-state index is -3.10. The molecule has 0 aromatic carbocycles. The molecule has 0 amide bonds. The quantitative estimate of drug-likeness (QED) is 0.828. The molecule has 5 nitrogen and oxygen atoms in total. The Kier molecular flexibility index (Phi) is 6.04. The first-order chi connectivity index (χ1) is 9.22. The number of aromatic nitrogens is 2. The van der Waals surface area contributed by atoms with Gasteiger partial charge in [-0.05, 0) is 19.9 Å². The molecule has 116 valence electrons. The molecule has 1 aromatic heterocycles. The number of likely N-dealkylation sites (N-methyl/N-ethyl adjacent to an activating group) is 1. The number of aryl methyl sites for hydroxylation is 2. The first-order valence-electron chi connectivity index (χ1n) is 6.84. The Labute approximate surface area is 126 Å². The average Bonchev–Trinajstić information content (AvgIpc) is 2.63. The largest absolute Gasteiger partial charge is 0.313 e. The van der Waals surface area contributed by atoms with Crippen LogP contribution in [0.2, 0.25) is 5.02 Å². The van der Waals surface area contributed by atoms with Crippen molar-refractivity contribution < 1.29 is 8.42 Å². The maximum Gasteiger partial charge on any atom is 0.151 e. The topological polar surface area (TPSA) is 64.0 Å². The summed E-state index contributed by atoms with van der Waals surface area (Å²) < 4.78 is 25.3. The van der Waals surface area contributed by atoms with E-state index < -0.39 is 15.1 Å². The minimum absolute atomic E-state index is 0.174. The number of hydrogen-bond donors (Lipinski definition) is 1. The van der Waals surface area contributed by atoms with E-state index in [1.165, 1.54) is 6.26 Å². The highest BCUT2D eigenvalue weighted by atomic mass is 35.5. The van der Waals surface area contributed by atoms with Crippen LogP contribution >= 0.6 is 11.6 Å². The maximum atomic E-state index is 11.8. The van der Waals surface area contributed by atoms with Crippen LogP contribution in [0.25, 0.3) is 0 Å². The molecule has 1 N–H and O–H groups in total. The van der Waals surface area contributed by atoms with Gasteiger partial charge in [0.05, 0.1) is 21.7 Å². The summed E-state index contributed by atoms with van der Waals surface area (Å²) in [4.78, 5) is 0. The van der Waals surface area contributed by atoms with E-state index in [4.69, 9.17) is 11.6 Å². The average molecular weight is 322 g/mol. The van der Waals surface area contributed by atoms with Gasteiger partial charge >= 0.3 is 0 Å². The summed E-state index contributed by atoms with van der Waals surface area (Å²) in [5.41, 5.74) is 1.73. The third-order valence-corrected chi connectivity index (χ3v) is 5.74.